The minimum absolute atomic E-state index is 0.0569. The van der Waals surface area contributed by atoms with Crippen LogP contribution in [0, 0.1) is 6.92 Å². The molecule has 2 aromatic carbocycles. The zero-order valence-electron chi connectivity index (χ0n) is 21.7. The van der Waals surface area contributed by atoms with Gasteiger partial charge < -0.3 is 15.0 Å². The summed E-state index contributed by atoms with van der Waals surface area (Å²) in [5.41, 5.74) is 1.98. The van der Waals surface area contributed by atoms with Gasteiger partial charge in [0.2, 0.25) is 21.8 Å². The minimum atomic E-state index is -3.79. The number of rotatable bonds is 12. The number of nitrogens with zero attached hydrogens (tertiary/aromatic N) is 2. The molecule has 198 valence electrons. The van der Waals surface area contributed by atoms with Crippen LogP contribution in [-0.4, -0.2) is 57.1 Å². The number of nitrogens with one attached hydrogen (secondary N) is 1. The Balaban J connectivity index is 2.47. The van der Waals surface area contributed by atoms with Gasteiger partial charge in [0.05, 0.1) is 19.1 Å². The number of anilines is 1. The SMILES string of the molecule is CC[C@H](C)NC(=O)[C@H](CC)N(Cc1cccc(OC)c1)C(=O)CN(c1ccc(Br)c(C)c1)S(C)(=O)=O. The zero-order valence-corrected chi connectivity index (χ0v) is 24.1. The molecule has 2 atom stereocenters. The predicted molar refractivity (Wildman–Crippen MR) is 147 cm³/mol. The van der Waals surface area contributed by atoms with Crippen molar-refractivity contribution in [2.75, 3.05) is 24.2 Å². The fourth-order valence-electron chi connectivity index (χ4n) is 3.73. The van der Waals surface area contributed by atoms with Crippen molar-refractivity contribution in [3.05, 3.63) is 58.1 Å². The number of aryl methyl sites for hydroxylation is 1. The number of amides is 2. The minimum Gasteiger partial charge on any atom is -0.497 e. The zero-order chi connectivity index (χ0) is 27.0. The van der Waals surface area contributed by atoms with Crippen LogP contribution in [0.5, 0.6) is 5.75 Å². The number of carbonyl (C=O) groups excluding carboxylic acids is 2. The van der Waals surface area contributed by atoms with Gasteiger partial charge in [-0.1, -0.05) is 41.9 Å². The molecule has 36 heavy (non-hydrogen) atoms. The van der Waals surface area contributed by atoms with E-state index >= 15 is 0 Å². The van der Waals surface area contributed by atoms with Gasteiger partial charge in [-0.25, -0.2) is 8.42 Å². The van der Waals surface area contributed by atoms with E-state index in [4.69, 9.17) is 4.74 Å². The third-order valence-corrected chi connectivity index (χ3v) is 8.01. The van der Waals surface area contributed by atoms with E-state index in [1.165, 1.54) is 4.90 Å². The largest absolute Gasteiger partial charge is 0.497 e. The number of halogens is 1. The summed E-state index contributed by atoms with van der Waals surface area (Å²) < 4.78 is 32.7. The summed E-state index contributed by atoms with van der Waals surface area (Å²) in [7, 11) is -2.23. The maximum atomic E-state index is 13.7. The highest BCUT2D eigenvalue weighted by Gasteiger charge is 2.32. The monoisotopic (exact) mass is 581 g/mol. The fourth-order valence-corrected chi connectivity index (χ4v) is 4.81. The average molecular weight is 583 g/mol. The quantitative estimate of drug-likeness (QED) is 0.404. The Morgan fingerprint density at radius 2 is 1.81 bits per heavy atom. The second kappa shape index (κ2) is 13.1. The summed E-state index contributed by atoms with van der Waals surface area (Å²) in [6.07, 6.45) is 2.18. The van der Waals surface area contributed by atoms with Crippen LogP contribution in [0.25, 0.3) is 0 Å². The summed E-state index contributed by atoms with van der Waals surface area (Å²) >= 11 is 3.42. The van der Waals surface area contributed by atoms with Crippen molar-refractivity contribution in [2.24, 2.45) is 0 Å². The normalized spacial score (nSPS) is 13.0. The number of hydrogen-bond acceptors (Lipinski definition) is 5. The molecule has 1 N–H and O–H groups in total. The highest BCUT2D eigenvalue weighted by atomic mass is 79.9. The van der Waals surface area contributed by atoms with Crippen molar-refractivity contribution in [1.29, 1.82) is 0 Å². The Morgan fingerprint density at radius 1 is 1.11 bits per heavy atom. The summed E-state index contributed by atoms with van der Waals surface area (Å²) in [6.45, 7) is 7.24. The first-order valence-corrected chi connectivity index (χ1v) is 14.5. The van der Waals surface area contributed by atoms with Crippen LogP contribution >= 0.6 is 15.9 Å². The van der Waals surface area contributed by atoms with Gasteiger partial charge in [-0.2, -0.15) is 0 Å². The summed E-state index contributed by atoms with van der Waals surface area (Å²) in [6, 6.07) is 11.5. The van der Waals surface area contributed by atoms with Crippen molar-refractivity contribution in [1.82, 2.24) is 10.2 Å². The standard InChI is InChI=1S/C26H36BrN3O5S/c1-7-19(4)28-26(32)24(8-2)29(16-20-10-9-11-22(15-20)35-5)25(31)17-30(36(6,33)34)21-12-13-23(27)18(3)14-21/h9-15,19,24H,7-8,16-17H2,1-6H3,(H,28,32)/t19-,24-/m0/s1. The fraction of sp³-hybridized carbons (Fsp3) is 0.462. The van der Waals surface area contributed by atoms with E-state index in [0.717, 1.165) is 32.6 Å². The smallest absolute Gasteiger partial charge is 0.244 e. The number of sulfonamides is 1. The van der Waals surface area contributed by atoms with Crippen LogP contribution in [0.15, 0.2) is 46.9 Å². The molecule has 0 saturated carbocycles. The number of benzene rings is 2. The first kappa shape index (κ1) is 29.6. The van der Waals surface area contributed by atoms with Gasteiger partial charge in [-0.05, 0) is 68.1 Å². The van der Waals surface area contributed by atoms with Crippen molar-refractivity contribution in [3.63, 3.8) is 0 Å². The van der Waals surface area contributed by atoms with Crippen LogP contribution in [-0.2, 0) is 26.2 Å². The molecule has 0 aliphatic heterocycles. The van der Waals surface area contributed by atoms with Gasteiger partial charge in [0, 0.05) is 17.1 Å². The number of methoxy groups -OCH3 is 1. The average Bonchev–Trinajstić information content (AvgIpc) is 2.83. The molecule has 0 spiro atoms. The molecule has 0 heterocycles. The van der Waals surface area contributed by atoms with Crippen LogP contribution < -0.4 is 14.4 Å². The highest BCUT2D eigenvalue weighted by molar-refractivity contribution is 9.10. The Kier molecular flexibility index (Phi) is 10.8. The lowest BCUT2D eigenvalue weighted by atomic mass is 10.1. The number of carbonyl (C=O) groups is 2. The molecule has 0 fully saturated rings. The Morgan fingerprint density at radius 3 is 2.36 bits per heavy atom. The first-order chi connectivity index (χ1) is 16.9. The first-order valence-electron chi connectivity index (χ1n) is 11.9. The Bertz CT molecular complexity index is 1170. The van der Waals surface area contributed by atoms with E-state index < -0.39 is 28.5 Å². The summed E-state index contributed by atoms with van der Waals surface area (Å²) in [5, 5.41) is 2.96. The van der Waals surface area contributed by atoms with Crippen molar-refractivity contribution in [3.8, 4) is 5.75 Å². The third-order valence-electron chi connectivity index (χ3n) is 5.98. The molecule has 0 aromatic heterocycles. The van der Waals surface area contributed by atoms with Crippen molar-refractivity contribution < 1.29 is 22.7 Å². The summed E-state index contributed by atoms with van der Waals surface area (Å²) in [5.74, 6) is -0.122. The lowest BCUT2D eigenvalue weighted by Crippen LogP contribution is -2.53. The second-order valence-electron chi connectivity index (χ2n) is 8.82. The molecule has 8 nitrogen and oxygen atoms in total. The third kappa shape index (κ3) is 7.96. The molecule has 0 bridgehead atoms. The molecule has 0 radical (unpaired) electrons. The van der Waals surface area contributed by atoms with E-state index in [-0.39, 0.29) is 18.5 Å². The van der Waals surface area contributed by atoms with Crippen LogP contribution in [0.2, 0.25) is 0 Å². The van der Waals surface area contributed by atoms with Crippen molar-refractivity contribution in [2.45, 2.75) is 59.2 Å². The van der Waals surface area contributed by atoms with Crippen LogP contribution in [0.3, 0.4) is 0 Å². The van der Waals surface area contributed by atoms with Gasteiger partial charge in [-0.15, -0.1) is 0 Å². The number of ether oxygens (including phenoxy) is 1. The van der Waals surface area contributed by atoms with E-state index in [1.54, 1.807) is 37.4 Å². The summed E-state index contributed by atoms with van der Waals surface area (Å²) in [4.78, 5) is 28.4. The maximum Gasteiger partial charge on any atom is 0.244 e. The predicted octanol–water partition coefficient (Wildman–Crippen LogP) is 4.25. The molecular weight excluding hydrogens is 546 g/mol. The van der Waals surface area contributed by atoms with E-state index in [2.05, 4.69) is 21.2 Å². The van der Waals surface area contributed by atoms with Gasteiger partial charge in [0.25, 0.3) is 0 Å². The number of hydrogen-bond donors (Lipinski definition) is 1. The molecule has 10 heteroatoms. The maximum absolute atomic E-state index is 13.7. The van der Waals surface area contributed by atoms with Crippen LogP contribution in [0.1, 0.15) is 44.7 Å². The van der Waals surface area contributed by atoms with Crippen LogP contribution in [0.4, 0.5) is 5.69 Å². The molecular formula is C26H36BrN3O5S. The van der Waals surface area contributed by atoms with E-state index in [1.807, 2.05) is 39.8 Å². The van der Waals surface area contributed by atoms with Crippen molar-refractivity contribution >= 4 is 43.5 Å². The Hall–Kier alpha value is -2.59. The molecule has 0 aliphatic rings. The van der Waals surface area contributed by atoms with E-state index in [9.17, 15) is 18.0 Å². The van der Waals surface area contributed by atoms with Gasteiger partial charge >= 0.3 is 0 Å². The molecule has 0 aliphatic carbocycles. The molecule has 0 unspecified atom stereocenters. The van der Waals surface area contributed by atoms with E-state index in [0.29, 0.717) is 17.9 Å². The molecule has 2 amide bonds. The van der Waals surface area contributed by atoms with Gasteiger partial charge in [-0.3, -0.25) is 13.9 Å². The molecule has 2 rings (SSSR count). The lowest BCUT2D eigenvalue weighted by Gasteiger charge is -2.33. The second-order valence-corrected chi connectivity index (χ2v) is 11.6. The molecule has 0 saturated heterocycles. The molecule has 2 aromatic rings. The Labute approximate surface area is 223 Å². The van der Waals surface area contributed by atoms with Gasteiger partial charge in [0.15, 0.2) is 0 Å². The lowest BCUT2D eigenvalue weighted by molar-refractivity contribution is -0.140. The van der Waals surface area contributed by atoms with Gasteiger partial charge in [0.1, 0.15) is 18.3 Å². The topological polar surface area (TPSA) is 96.0 Å². The highest BCUT2D eigenvalue weighted by Crippen LogP contribution is 2.25.